The van der Waals surface area contributed by atoms with Crippen molar-refractivity contribution in [1.29, 1.82) is 5.26 Å². The highest BCUT2D eigenvalue weighted by molar-refractivity contribution is 6.84. The van der Waals surface area contributed by atoms with Crippen LogP contribution in [0.4, 0.5) is 11.4 Å². The van der Waals surface area contributed by atoms with E-state index >= 15 is 0 Å². The van der Waals surface area contributed by atoms with E-state index in [0.29, 0.717) is 5.56 Å². The largest absolute Gasteiger partial charge is 0.369 e. The predicted octanol–water partition coefficient (Wildman–Crippen LogP) is 6.35. The summed E-state index contributed by atoms with van der Waals surface area (Å²) >= 11 is 6.06. The summed E-state index contributed by atoms with van der Waals surface area (Å²) in [7, 11) is -1.85. The van der Waals surface area contributed by atoms with Crippen LogP contribution in [0.1, 0.15) is 26.3 Å². The van der Waals surface area contributed by atoms with Gasteiger partial charge in [0.1, 0.15) is 0 Å². The average molecular weight is 343 g/mol. The lowest BCUT2D eigenvalue weighted by Gasteiger charge is -2.47. The van der Waals surface area contributed by atoms with E-state index in [2.05, 4.69) is 56.6 Å². The monoisotopic (exact) mass is 342 g/mol. The number of hydrogen-bond acceptors (Lipinski definition) is 2. The van der Waals surface area contributed by atoms with Crippen LogP contribution >= 0.6 is 11.6 Å². The number of nitriles is 1. The third-order valence-electron chi connectivity index (χ3n) is 4.73. The molecular weight excluding hydrogens is 320 g/mol. The van der Waals surface area contributed by atoms with Crippen molar-refractivity contribution in [1.82, 2.24) is 0 Å². The minimum absolute atomic E-state index is 0.181. The van der Waals surface area contributed by atoms with Gasteiger partial charge in [-0.1, -0.05) is 45.5 Å². The smallest absolute Gasteiger partial charge is 0.161 e. The van der Waals surface area contributed by atoms with Crippen LogP contribution in [0.25, 0.3) is 0 Å². The van der Waals surface area contributed by atoms with Crippen molar-refractivity contribution in [2.75, 3.05) is 4.57 Å². The molecule has 0 saturated heterocycles. The Morgan fingerprint density at radius 1 is 0.913 bits per heavy atom. The molecule has 0 bridgehead atoms. The molecule has 0 aliphatic heterocycles. The third-order valence-corrected chi connectivity index (χ3v) is 10.3. The summed E-state index contributed by atoms with van der Waals surface area (Å²) in [5.74, 6) is 0. The number of nitrogens with zero attached hydrogens (tertiary/aromatic N) is 2. The fraction of sp³-hybridized carbons (Fsp3) is 0.316. The van der Waals surface area contributed by atoms with Gasteiger partial charge in [-0.15, -0.1) is 0 Å². The van der Waals surface area contributed by atoms with Crippen LogP contribution in [0.3, 0.4) is 0 Å². The van der Waals surface area contributed by atoms with E-state index in [0.717, 1.165) is 16.4 Å². The number of rotatable bonds is 3. The highest BCUT2D eigenvalue weighted by atomic mass is 35.5. The molecule has 4 heteroatoms. The molecule has 2 rings (SSSR count). The summed E-state index contributed by atoms with van der Waals surface area (Å²) in [6.07, 6.45) is 0. The number of benzene rings is 2. The molecule has 0 heterocycles. The molecule has 0 amide bonds. The lowest BCUT2D eigenvalue weighted by molar-refractivity contribution is 0.715. The van der Waals surface area contributed by atoms with Crippen LogP contribution in [-0.4, -0.2) is 8.24 Å². The van der Waals surface area contributed by atoms with Crippen molar-refractivity contribution in [2.45, 2.75) is 38.9 Å². The third kappa shape index (κ3) is 3.60. The molecule has 0 aromatic heterocycles. The zero-order chi connectivity index (χ0) is 17.3. The minimum atomic E-state index is -1.85. The topological polar surface area (TPSA) is 27.0 Å². The van der Waals surface area contributed by atoms with E-state index < -0.39 is 8.24 Å². The van der Waals surface area contributed by atoms with Crippen molar-refractivity contribution in [3.8, 4) is 6.07 Å². The van der Waals surface area contributed by atoms with Gasteiger partial charge in [0.05, 0.1) is 11.6 Å². The molecule has 0 radical (unpaired) electrons. The average Bonchev–Trinajstić information content (AvgIpc) is 2.49. The van der Waals surface area contributed by atoms with Gasteiger partial charge < -0.3 is 4.57 Å². The van der Waals surface area contributed by atoms with Gasteiger partial charge in [0.15, 0.2) is 8.24 Å². The highest BCUT2D eigenvalue weighted by Gasteiger charge is 2.42. The van der Waals surface area contributed by atoms with E-state index in [9.17, 15) is 0 Å². The molecular formula is C19H23ClN2Si. The van der Waals surface area contributed by atoms with E-state index in [1.54, 1.807) is 0 Å². The minimum Gasteiger partial charge on any atom is -0.369 e. The van der Waals surface area contributed by atoms with E-state index in [1.807, 2.05) is 36.4 Å². The maximum atomic E-state index is 9.03. The number of hydrogen-bond donors (Lipinski definition) is 0. The summed E-state index contributed by atoms with van der Waals surface area (Å²) < 4.78 is 2.45. The van der Waals surface area contributed by atoms with Crippen LogP contribution in [0.5, 0.6) is 0 Å². The van der Waals surface area contributed by atoms with Gasteiger partial charge in [0, 0.05) is 16.4 Å². The predicted molar refractivity (Wildman–Crippen MR) is 102 cm³/mol. The SMILES string of the molecule is CC(C)(C)[Si](C)(C)N(c1ccc(Cl)cc1)c1ccc(C#N)cc1. The van der Waals surface area contributed by atoms with Gasteiger partial charge in [-0.3, -0.25) is 0 Å². The fourth-order valence-corrected chi connectivity index (χ4v) is 4.79. The normalized spacial score (nSPS) is 11.9. The standard InChI is InChI=1S/C19H23ClN2Si/c1-19(2,3)23(4,5)22(18-12-8-16(20)9-13-18)17-10-6-15(14-21)7-11-17/h6-13H,1-5H3. The molecule has 0 fully saturated rings. The summed E-state index contributed by atoms with van der Waals surface area (Å²) in [6.45, 7) is 11.6. The first-order chi connectivity index (χ1) is 10.7. The quantitative estimate of drug-likeness (QED) is 0.607. The Hall–Kier alpha value is -1.76. The van der Waals surface area contributed by atoms with Crippen molar-refractivity contribution in [3.05, 3.63) is 59.1 Å². The van der Waals surface area contributed by atoms with Gasteiger partial charge in [0.2, 0.25) is 0 Å². The Labute approximate surface area is 145 Å². The maximum Gasteiger partial charge on any atom is 0.161 e. The molecule has 0 spiro atoms. The lowest BCUT2D eigenvalue weighted by atomic mass is 10.2. The van der Waals surface area contributed by atoms with Crippen molar-refractivity contribution in [3.63, 3.8) is 0 Å². The Balaban J connectivity index is 2.59. The van der Waals surface area contributed by atoms with Crippen LogP contribution < -0.4 is 4.57 Å². The van der Waals surface area contributed by atoms with Gasteiger partial charge in [0.25, 0.3) is 0 Å². The Kier molecular flexibility index (Phi) is 4.89. The summed E-state index contributed by atoms with van der Waals surface area (Å²) in [5.41, 5.74) is 2.95. The molecule has 0 aliphatic rings. The molecule has 0 unspecified atom stereocenters. The molecule has 23 heavy (non-hydrogen) atoms. The fourth-order valence-electron chi connectivity index (χ4n) is 2.41. The van der Waals surface area contributed by atoms with E-state index in [-0.39, 0.29) is 5.04 Å². The lowest BCUT2D eigenvalue weighted by Crippen LogP contribution is -2.52. The number of anilines is 2. The first-order valence-electron chi connectivity index (χ1n) is 7.73. The first kappa shape index (κ1) is 17.6. The molecule has 0 saturated carbocycles. The molecule has 2 aromatic carbocycles. The Bertz CT molecular complexity index is 707. The first-order valence-corrected chi connectivity index (χ1v) is 11.1. The second-order valence-electron chi connectivity index (χ2n) is 7.28. The van der Waals surface area contributed by atoms with Gasteiger partial charge in [-0.05, 0) is 53.6 Å². The Morgan fingerprint density at radius 2 is 1.35 bits per heavy atom. The van der Waals surface area contributed by atoms with Gasteiger partial charge in [-0.25, -0.2) is 0 Å². The molecule has 2 nitrogen and oxygen atoms in total. The zero-order valence-corrected chi connectivity index (χ0v) is 16.1. The van der Waals surface area contributed by atoms with Crippen molar-refractivity contribution < 1.29 is 0 Å². The van der Waals surface area contributed by atoms with Crippen molar-refractivity contribution >= 4 is 31.2 Å². The number of halogens is 1. The van der Waals surface area contributed by atoms with E-state index in [4.69, 9.17) is 16.9 Å². The van der Waals surface area contributed by atoms with E-state index in [1.165, 1.54) is 0 Å². The summed E-state index contributed by atoms with van der Waals surface area (Å²) in [4.78, 5) is 0. The Morgan fingerprint density at radius 3 is 1.74 bits per heavy atom. The van der Waals surface area contributed by atoms with Crippen LogP contribution in [0, 0.1) is 11.3 Å². The van der Waals surface area contributed by atoms with Crippen molar-refractivity contribution in [2.24, 2.45) is 0 Å². The summed E-state index contributed by atoms with van der Waals surface area (Å²) in [6, 6.07) is 18.0. The second kappa shape index (κ2) is 6.39. The van der Waals surface area contributed by atoms with Crippen LogP contribution in [-0.2, 0) is 0 Å². The molecule has 0 N–H and O–H groups in total. The highest BCUT2D eigenvalue weighted by Crippen LogP contribution is 2.44. The zero-order valence-electron chi connectivity index (χ0n) is 14.4. The van der Waals surface area contributed by atoms with Gasteiger partial charge >= 0.3 is 0 Å². The molecule has 120 valence electrons. The summed E-state index contributed by atoms with van der Waals surface area (Å²) in [5, 5.41) is 9.95. The molecule has 0 aliphatic carbocycles. The molecule has 0 atom stereocenters. The van der Waals surface area contributed by atoms with Crippen LogP contribution in [0.15, 0.2) is 48.5 Å². The van der Waals surface area contributed by atoms with Crippen LogP contribution in [0.2, 0.25) is 23.2 Å². The van der Waals surface area contributed by atoms with Gasteiger partial charge in [-0.2, -0.15) is 5.26 Å². The second-order valence-corrected chi connectivity index (χ2v) is 12.8. The molecule has 2 aromatic rings. The maximum absolute atomic E-state index is 9.03.